The van der Waals surface area contributed by atoms with Gasteiger partial charge in [-0.05, 0) is 66.6 Å². The molecule has 0 bridgehead atoms. The van der Waals surface area contributed by atoms with Crippen molar-refractivity contribution < 1.29 is 18.9 Å². The highest BCUT2D eigenvalue weighted by atomic mass is 16.5. The second-order valence-electron chi connectivity index (χ2n) is 8.80. The molecule has 2 aromatic rings. The smallest absolute Gasteiger partial charge is 0.161 e. The quantitative estimate of drug-likeness (QED) is 0.661. The minimum absolute atomic E-state index is 0.215. The fourth-order valence-corrected chi connectivity index (χ4v) is 5.45. The van der Waals surface area contributed by atoms with Crippen LogP contribution in [0.3, 0.4) is 0 Å². The Morgan fingerprint density at radius 3 is 2.13 bits per heavy atom. The van der Waals surface area contributed by atoms with Crippen LogP contribution in [0.2, 0.25) is 0 Å². The first-order valence-electron chi connectivity index (χ1n) is 11.3. The molecule has 1 saturated carbocycles. The van der Waals surface area contributed by atoms with E-state index in [1.807, 2.05) is 6.07 Å². The summed E-state index contributed by atoms with van der Waals surface area (Å²) in [7, 11) is 6.80. The molecule has 5 nitrogen and oxygen atoms in total. The van der Waals surface area contributed by atoms with E-state index in [0.717, 1.165) is 42.4 Å². The molecule has 1 atom stereocenters. The van der Waals surface area contributed by atoms with E-state index in [0.29, 0.717) is 0 Å². The molecule has 1 N–H and O–H groups in total. The van der Waals surface area contributed by atoms with Crippen molar-refractivity contribution in [2.24, 2.45) is 0 Å². The Morgan fingerprint density at radius 1 is 0.806 bits per heavy atom. The third kappa shape index (κ3) is 4.20. The summed E-state index contributed by atoms with van der Waals surface area (Å²) in [5.74, 6) is 3.20. The van der Waals surface area contributed by atoms with E-state index in [-0.39, 0.29) is 11.5 Å². The predicted molar refractivity (Wildman–Crippen MR) is 123 cm³/mol. The lowest BCUT2D eigenvalue weighted by Gasteiger charge is -2.45. The summed E-state index contributed by atoms with van der Waals surface area (Å²) < 4.78 is 22.2. The summed E-state index contributed by atoms with van der Waals surface area (Å²) in [5.41, 5.74) is 4.29. The lowest BCUT2D eigenvalue weighted by atomic mass is 9.65. The normalized spacial score (nSPS) is 19.5. The molecule has 0 aromatic heterocycles. The zero-order valence-corrected chi connectivity index (χ0v) is 19.3. The van der Waals surface area contributed by atoms with Gasteiger partial charge < -0.3 is 24.3 Å². The fourth-order valence-electron chi connectivity index (χ4n) is 5.45. The van der Waals surface area contributed by atoms with E-state index >= 15 is 0 Å². The highest BCUT2D eigenvalue weighted by Crippen LogP contribution is 2.48. The molecule has 2 aromatic carbocycles. The van der Waals surface area contributed by atoms with Crippen molar-refractivity contribution in [2.45, 2.75) is 56.4 Å². The minimum Gasteiger partial charge on any atom is -0.493 e. The topological polar surface area (TPSA) is 49.0 Å². The Balaban J connectivity index is 1.63. The van der Waals surface area contributed by atoms with E-state index in [2.05, 4.69) is 29.6 Å². The maximum Gasteiger partial charge on any atom is 0.161 e. The van der Waals surface area contributed by atoms with Gasteiger partial charge in [-0.3, -0.25) is 0 Å². The molecular formula is C26H35NO4. The van der Waals surface area contributed by atoms with Gasteiger partial charge >= 0.3 is 0 Å². The number of rotatable bonds is 7. The average Bonchev–Trinajstić information content (AvgIpc) is 2.83. The molecule has 0 unspecified atom stereocenters. The van der Waals surface area contributed by atoms with E-state index in [1.165, 1.54) is 48.8 Å². The van der Waals surface area contributed by atoms with Gasteiger partial charge in [-0.2, -0.15) is 0 Å². The largest absolute Gasteiger partial charge is 0.493 e. The molecule has 1 aliphatic carbocycles. The van der Waals surface area contributed by atoms with Crippen molar-refractivity contribution in [3.8, 4) is 23.0 Å². The highest BCUT2D eigenvalue weighted by molar-refractivity contribution is 5.53. The van der Waals surface area contributed by atoms with Crippen LogP contribution in [0.4, 0.5) is 0 Å². The summed E-state index contributed by atoms with van der Waals surface area (Å²) in [4.78, 5) is 0. The second-order valence-corrected chi connectivity index (χ2v) is 8.80. The Hall–Kier alpha value is -2.40. The minimum atomic E-state index is 0.215. The van der Waals surface area contributed by atoms with Gasteiger partial charge in [0.1, 0.15) is 0 Å². The number of aryl methyl sites for hydroxylation is 1. The van der Waals surface area contributed by atoms with Crippen molar-refractivity contribution in [2.75, 3.05) is 35.0 Å². The number of benzene rings is 2. The van der Waals surface area contributed by atoms with Crippen LogP contribution in [0.15, 0.2) is 30.3 Å². The summed E-state index contributed by atoms with van der Waals surface area (Å²) in [6.07, 6.45) is 8.38. The molecular weight excluding hydrogens is 390 g/mol. The number of ether oxygens (including phenoxy) is 4. The predicted octanol–water partition coefficient (Wildman–Crippen LogP) is 5.20. The second kappa shape index (κ2) is 9.39. The maximum atomic E-state index is 5.68. The molecule has 31 heavy (non-hydrogen) atoms. The fraction of sp³-hybridized carbons (Fsp3) is 0.538. The van der Waals surface area contributed by atoms with Crippen LogP contribution in [0.25, 0.3) is 0 Å². The Bertz CT molecular complexity index is 905. The van der Waals surface area contributed by atoms with Crippen LogP contribution in [-0.2, 0) is 11.8 Å². The summed E-state index contributed by atoms with van der Waals surface area (Å²) in [6, 6.07) is 10.9. The van der Waals surface area contributed by atoms with Crippen molar-refractivity contribution in [3.05, 3.63) is 47.0 Å². The molecule has 2 aliphatic rings. The van der Waals surface area contributed by atoms with Gasteiger partial charge in [-0.25, -0.2) is 0 Å². The molecule has 0 radical (unpaired) electrons. The molecule has 0 amide bonds. The van der Waals surface area contributed by atoms with Gasteiger partial charge in [0, 0.05) is 18.0 Å². The van der Waals surface area contributed by atoms with Crippen molar-refractivity contribution >= 4 is 0 Å². The third-order valence-corrected chi connectivity index (χ3v) is 7.17. The lowest BCUT2D eigenvalue weighted by Crippen LogP contribution is -2.46. The van der Waals surface area contributed by atoms with Crippen molar-refractivity contribution in [1.29, 1.82) is 0 Å². The lowest BCUT2D eigenvalue weighted by molar-refractivity contribution is 0.242. The van der Waals surface area contributed by atoms with Gasteiger partial charge in [-0.1, -0.05) is 25.3 Å². The van der Waals surface area contributed by atoms with Gasteiger partial charge in [0.15, 0.2) is 23.0 Å². The molecule has 1 heterocycles. The van der Waals surface area contributed by atoms with E-state index in [4.69, 9.17) is 18.9 Å². The molecule has 1 aliphatic heterocycles. The van der Waals surface area contributed by atoms with Crippen molar-refractivity contribution in [1.82, 2.24) is 5.32 Å². The Kier molecular flexibility index (Phi) is 6.61. The zero-order valence-electron chi connectivity index (χ0n) is 19.3. The first kappa shape index (κ1) is 21.8. The summed E-state index contributed by atoms with van der Waals surface area (Å²) in [6.45, 7) is 1.03. The van der Waals surface area contributed by atoms with Gasteiger partial charge in [-0.15, -0.1) is 0 Å². The number of fused-ring (bicyclic) bond motifs is 2. The van der Waals surface area contributed by atoms with Crippen LogP contribution in [0.5, 0.6) is 23.0 Å². The molecule has 1 fully saturated rings. The highest BCUT2D eigenvalue weighted by Gasteiger charge is 2.41. The van der Waals surface area contributed by atoms with Crippen LogP contribution in [0.1, 0.15) is 61.3 Å². The Labute approximate surface area is 186 Å². The van der Waals surface area contributed by atoms with E-state index in [1.54, 1.807) is 28.4 Å². The van der Waals surface area contributed by atoms with Crippen LogP contribution >= 0.6 is 0 Å². The first-order valence-corrected chi connectivity index (χ1v) is 11.3. The number of nitrogens with one attached hydrogen (secondary N) is 1. The van der Waals surface area contributed by atoms with Crippen LogP contribution < -0.4 is 24.3 Å². The number of hydrogen-bond donors (Lipinski definition) is 1. The zero-order chi connectivity index (χ0) is 21.8. The molecule has 0 saturated heterocycles. The maximum absolute atomic E-state index is 5.68. The monoisotopic (exact) mass is 425 g/mol. The van der Waals surface area contributed by atoms with E-state index in [9.17, 15) is 0 Å². The molecule has 168 valence electrons. The van der Waals surface area contributed by atoms with Crippen LogP contribution in [0, 0.1) is 0 Å². The summed E-state index contributed by atoms with van der Waals surface area (Å²) in [5, 5.41) is 3.89. The van der Waals surface area contributed by atoms with Crippen LogP contribution in [-0.4, -0.2) is 35.0 Å². The van der Waals surface area contributed by atoms with Gasteiger partial charge in [0.2, 0.25) is 0 Å². The first-order chi connectivity index (χ1) is 15.1. The molecule has 5 heteroatoms. The average molecular weight is 426 g/mol. The third-order valence-electron chi connectivity index (χ3n) is 7.17. The van der Waals surface area contributed by atoms with Crippen molar-refractivity contribution in [3.63, 3.8) is 0 Å². The summed E-state index contributed by atoms with van der Waals surface area (Å²) >= 11 is 0. The molecule has 1 spiro atoms. The van der Waals surface area contributed by atoms with Gasteiger partial charge in [0.05, 0.1) is 28.4 Å². The number of methoxy groups -OCH3 is 4. The standard InChI is InChI=1S/C26H35NO4/c1-28-22-11-9-18(14-23(22)29-2)8-10-21-19-15-24(30-3)25(31-4)16-20(19)26(17-27-21)12-6-5-7-13-26/h9,11,14-16,21,27H,5-8,10,12-13,17H2,1-4H3/t21-/m0/s1. The number of hydrogen-bond acceptors (Lipinski definition) is 5. The molecule has 4 rings (SSSR count). The SMILES string of the molecule is COc1ccc(CC[C@@H]2NCC3(CCCCC3)c3cc(OC)c(OC)cc32)cc1OC. The Morgan fingerprint density at radius 2 is 1.45 bits per heavy atom. The van der Waals surface area contributed by atoms with Gasteiger partial charge in [0.25, 0.3) is 0 Å². The van der Waals surface area contributed by atoms with E-state index < -0.39 is 0 Å².